The molecule has 1 fully saturated rings. The molecule has 4 N–H and O–H groups in total. The topological polar surface area (TPSA) is 125 Å². The predicted molar refractivity (Wildman–Crippen MR) is 125 cm³/mol. The highest BCUT2D eigenvalue weighted by molar-refractivity contribution is 5.85. The lowest BCUT2D eigenvalue weighted by Crippen LogP contribution is -2.52. The number of rotatable bonds is 8. The summed E-state index contributed by atoms with van der Waals surface area (Å²) in [5.41, 5.74) is 1.62. The molecule has 34 heavy (non-hydrogen) atoms. The average Bonchev–Trinajstić information content (AvgIpc) is 3.44. The van der Waals surface area contributed by atoms with Crippen molar-refractivity contribution in [1.82, 2.24) is 10.6 Å². The van der Waals surface area contributed by atoms with E-state index in [4.69, 9.17) is 9.84 Å². The third kappa shape index (κ3) is 4.63. The van der Waals surface area contributed by atoms with Gasteiger partial charge in [-0.15, -0.1) is 0 Å². The molecular weight excluding hydrogens is 436 g/mol. The Morgan fingerprint density at radius 2 is 1.56 bits per heavy atom. The van der Waals surface area contributed by atoms with E-state index in [9.17, 15) is 19.5 Å². The highest BCUT2D eigenvalue weighted by atomic mass is 16.5. The second-order valence-electron chi connectivity index (χ2n) is 9.43. The summed E-state index contributed by atoms with van der Waals surface area (Å²) in [6.07, 6.45) is 2.19. The average molecular weight is 467 g/mol. The summed E-state index contributed by atoms with van der Waals surface area (Å²) < 4.78 is 5.57. The largest absolute Gasteiger partial charge is 0.479 e. The van der Waals surface area contributed by atoms with Crippen molar-refractivity contribution in [2.24, 2.45) is 5.41 Å². The maximum absolute atomic E-state index is 12.9. The SMILES string of the molecule is CC(O)(CNC(=O)C1(CNC(=O)OCC2c3ccccc3-c3ccccc32)CCCC1)C(=O)O. The van der Waals surface area contributed by atoms with Gasteiger partial charge in [0.15, 0.2) is 5.60 Å². The minimum atomic E-state index is -2.06. The smallest absolute Gasteiger partial charge is 0.407 e. The van der Waals surface area contributed by atoms with E-state index < -0.39 is 29.6 Å². The van der Waals surface area contributed by atoms with E-state index in [0.29, 0.717) is 12.8 Å². The van der Waals surface area contributed by atoms with E-state index in [2.05, 4.69) is 22.8 Å². The van der Waals surface area contributed by atoms with Gasteiger partial charge < -0.3 is 25.6 Å². The number of ether oxygens (including phenoxy) is 1. The first-order valence-corrected chi connectivity index (χ1v) is 11.6. The van der Waals surface area contributed by atoms with Gasteiger partial charge in [-0.05, 0) is 42.0 Å². The summed E-state index contributed by atoms with van der Waals surface area (Å²) >= 11 is 0. The summed E-state index contributed by atoms with van der Waals surface area (Å²) in [4.78, 5) is 36.6. The van der Waals surface area contributed by atoms with Crippen LogP contribution in [-0.2, 0) is 14.3 Å². The molecule has 2 aromatic carbocycles. The number of aliphatic carboxylic acids is 1. The molecule has 0 bridgehead atoms. The molecule has 8 heteroatoms. The molecule has 0 spiro atoms. The molecule has 1 atom stereocenters. The molecule has 1 unspecified atom stereocenters. The fourth-order valence-corrected chi connectivity index (χ4v) is 4.94. The number of carboxylic acid groups (broad SMARTS) is 1. The van der Waals surface area contributed by atoms with Crippen molar-refractivity contribution in [2.45, 2.75) is 44.1 Å². The van der Waals surface area contributed by atoms with Crippen molar-refractivity contribution in [2.75, 3.05) is 19.7 Å². The van der Waals surface area contributed by atoms with Crippen molar-refractivity contribution < 1.29 is 29.3 Å². The second-order valence-corrected chi connectivity index (χ2v) is 9.43. The molecule has 0 aromatic heterocycles. The number of fused-ring (bicyclic) bond motifs is 3. The van der Waals surface area contributed by atoms with E-state index in [0.717, 1.165) is 42.0 Å². The number of carboxylic acids is 1. The van der Waals surface area contributed by atoms with Crippen LogP contribution in [0.25, 0.3) is 11.1 Å². The summed E-state index contributed by atoms with van der Waals surface area (Å²) in [7, 11) is 0. The van der Waals surface area contributed by atoms with Crippen molar-refractivity contribution >= 4 is 18.0 Å². The van der Waals surface area contributed by atoms with Gasteiger partial charge in [-0.25, -0.2) is 9.59 Å². The lowest BCUT2D eigenvalue weighted by molar-refractivity contribution is -0.156. The van der Waals surface area contributed by atoms with Crippen LogP contribution in [0.4, 0.5) is 4.79 Å². The van der Waals surface area contributed by atoms with Gasteiger partial charge in [-0.2, -0.15) is 0 Å². The standard InChI is InChI=1S/C26H30N2O6/c1-25(33,23(30)31)15-27-22(29)26(12-6-7-13-26)16-28-24(32)34-14-21-19-10-4-2-8-17(19)18-9-3-5-11-20(18)21/h2-5,8-11,21,33H,6-7,12-16H2,1H3,(H,27,29)(H,28,32)(H,30,31). The molecule has 4 rings (SSSR count). The van der Waals surface area contributed by atoms with Crippen LogP contribution >= 0.6 is 0 Å². The summed E-state index contributed by atoms with van der Waals surface area (Å²) in [6, 6.07) is 16.2. The molecule has 180 valence electrons. The number of amides is 2. The summed E-state index contributed by atoms with van der Waals surface area (Å²) in [5, 5.41) is 24.2. The highest BCUT2D eigenvalue weighted by Gasteiger charge is 2.43. The van der Waals surface area contributed by atoms with Gasteiger partial charge in [-0.3, -0.25) is 4.79 Å². The van der Waals surface area contributed by atoms with Gasteiger partial charge >= 0.3 is 12.1 Å². The number of hydrogen-bond acceptors (Lipinski definition) is 5. The molecule has 8 nitrogen and oxygen atoms in total. The fourth-order valence-electron chi connectivity index (χ4n) is 4.94. The van der Waals surface area contributed by atoms with E-state index in [1.807, 2.05) is 36.4 Å². The van der Waals surface area contributed by atoms with Crippen LogP contribution in [0.15, 0.2) is 48.5 Å². The van der Waals surface area contributed by atoms with Crippen molar-refractivity contribution in [3.05, 3.63) is 59.7 Å². The van der Waals surface area contributed by atoms with Crippen molar-refractivity contribution in [3.63, 3.8) is 0 Å². The van der Waals surface area contributed by atoms with Crippen molar-refractivity contribution in [1.29, 1.82) is 0 Å². The monoisotopic (exact) mass is 466 g/mol. The molecule has 0 heterocycles. The number of carbonyl (C=O) groups excluding carboxylic acids is 2. The molecule has 0 saturated heterocycles. The predicted octanol–water partition coefficient (Wildman–Crippen LogP) is 3.04. The quantitative estimate of drug-likeness (QED) is 0.474. The van der Waals surface area contributed by atoms with Crippen molar-refractivity contribution in [3.8, 4) is 11.1 Å². The van der Waals surface area contributed by atoms with Gasteiger partial charge in [0.25, 0.3) is 0 Å². The normalized spacial score (nSPS) is 17.8. The lowest BCUT2D eigenvalue weighted by atomic mass is 9.84. The van der Waals surface area contributed by atoms with Gasteiger partial charge in [0.2, 0.25) is 5.91 Å². The van der Waals surface area contributed by atoms with E-state index >= 15 is 0 Å². The van der Waals surface area contributed by atoms with Gasteiger partial charge in [0.1, 0.15) is 6.61 Å². The fraction of sp³-hybridized carbons (Fsp3) is 0.423. The van der Waals surface area contributed by atoms with Gasteiger partial charge in [0.05, 0.1) is 12.0 Å². The van der Waals surface area contributed by atoms with Gasteiger partial charge in [0, 0.05) is 12.5 Å². The zero-order valence-corrected chi connectivity index (χ0v) is 19.2. The maximum atomic E-state index is 12.9. The van der Waals surface area contributed by atoms with Crippen LogP contribution in [0, 0.1) is 5.41 Å². The third-order valence-corrected chi connectivity index (χ3v) is 7.01. The molecule has 2 aliphatic carbocycles. The van der Waals surface area contributed by atoms with Crippen LogP contribution in [0.2, 0.25) is 0 Å². The number of carbonyl (C=O) groups is 3. The summed E-state index contributed by atoms with van der Waals surface area (Å²) in [6.45, 7) is 0.991. The number of hydrogen-bond donors (Lipinski definition) is 4. The zero-order chi connectivity index (χ0) is 24.3. The molecule has 2 amide bonds. The Hall–Kier alpha value is -3.39. The first-order chi connectivity index (χ1) is 16.2. The Morgan fingerprint density at radius 3 is 2.12 bits per heavy atom. The molecule has 0 radical (unpaired) electrons. The third-order valence-electron chi connectivity index (χ3n) is 7.01. The lowest BCUT2D eigenvalue weighted by Gasteiger charge is -2.29. The summed E-state index contributed by atoms with van der Waals surface area (Å²) in [5.74, 6) is -1.84. The Morgan fingerprint density at radius 1 is 1.00 bits per heavy atom. The number of aliphatic hydroxyl groups is 1. The Kier molecular flexibility index (Phi) is 6.61. The van der Waals surface area contributed by atoms with Gasteiger partial charge in [-0.1, -0.05) is 61.4 Å². The van der Waals surface area contributed by atoms with Crippen LogP contribution in [0.3, 0.4) is 0 Å². The Balaban J connectivity index is 1.36. The molecular formula is C26H30N2O6. The first kappa shape index (κ1) is 23.8. The minimum absolute atomic E-state index is 0.0554. The van der Waals surface area contributed by atoms with Crippen LogP contribution < -0.4 is 10.6 Å². The Bertz CT molecular complexity index is 1040. The Labute approximate surface area is 198 Å². The zero-order valence-electron chi connectivity index (χ0n) is 19.2. The highest BCUT2D eigenvalue weighted by Crippen LogP contribution is 2.44. The number of nitrogens with one attached hydrogen (secondary N) is 2. The number of alkyl carbamates (subject to hydrolysis) is 1. The van der Waals surface area contributed by atoms with E-state index in [1.54, 1.807) is 0 Å². The second kappa shape index (κ2) is 9.46. The maximum Gasteiger partial charge on any atom is 0.407 e. The van der Waals surface area contributed by atoms with Crippen LogP contribution in [0.5, 0.6) is 0 Å². The van der Waals surface area contributed by atoms with E-state index in [-0.39, 0.29) is 25.0 Å². The number of benzene rings is 2. The van der Waals surface area contributed by atoms with Crippen LogP contribution in [-0.4, -0.2) is 53.5 Å². The van der Waals surface area contributed by atoms with Crippen LogP contribution in [0.1, 0.15) is 49.7 Å². The van der Waals surface area contributed by atoms with E-state index in [1.165, 1.54) is 0 Å². The molecule has 0 aliphatic heterocycles. The molecule has 2 aliphatic rings. The molecule has 2 aromatic rings. The minimum Gasteiger partial charge on any atom is -0.479 e. The first-order valence-electron chi connectivity index (χ1n) is 11.6. The molecule has 1 saturated carbocycles.